The molecular formula is C16H35O4P. The van der Waals surface area contributed by atoms with Crippen LogP contribution in [0.25, 0.3) is 0 Å². The molecule has 0 aromatic carbocycles. The van der Waals surface area contributed by atoms with Gasteiger partial charge in [0, 0.05) is 0 Å². The maximum Gasteiger partial charge on any atom is 0.472 e. The second-order valence-corrected chi connectivity index (χ2v) is 7.22. The van der Waals surface area contributed by atoms with E-state index in [1.807, 2.05) is 6.92 Å². The minimum absolute atomic E-state index is 0.178. The molecule has 0 fully saturated rings. The van der Waals surface area contributed by atoms with Crippen LogP contribution in [-0.4, -0.2) is 17.6 Å². The van der Waals surface area contributed by atoms with Gasteiger partial charge < -0.3 is 4.89 Å². The molecule has 0 radical (unpaired) electrons. The Bertz CT molecular complexity index is 283. The van der Waals surface area contributed by atoms with Crippen molar-refractivity contribution >= 4 is 7.82 Å². The molecule has 0 amide bonds. The first-order chi connectivity index (χ1) is 9.99. The molecule has 0 rings (SSSR count). The monoisotopic (exact) mass is 322 g/mol. The maximum absolute atomic E-state index is 12.0. The van der Waals surface area contributed by atoms with Gasteiger partial charge in [0.2, 0.25) is 0 Å². The van der Waals surface area contributed by atoms with Gasteiger partial charge in [-0.25, -0.2) is 4.57 Å². The molecule has 5 heteroatoms. The Morgan fingerprint density at radius 2 is 1.62 bits per heavy atom. The Morgan fingerprint density at radius 3 is 2.14 bits per heavy atom. The molecule has 4 nitrogen and oxygen atoms in total. The summed E-state index contributed by atoms with van der Waals surface area (Å²) in [5.41, 5.74) is 0. The third-order valence-corrected chi connectivity index (χ3v) is 4.92. The van der Waals surface area contributed by atoms with Crippen molar-refractivity contribution < 1.29 is 18.5 Å². The highest BCUT2D eigenvalue weighted by atomic mass is 31.2. The molecule has 128 valence electrons. The number of phosphoric ester groups is 1. The lowest BCUT2D eigenvalue weighted by atomic mass is 10.0. The van der Waals surface area contributed by atoms with Gasteiger partial charge in [0.25, 0.3) is 0 Å². The maximum atomic E-state index is 12.0. The highest BCUT2D eigenvalue weighted by Crippen LogP contribution is 2.46. The first-order valence-electron chi connectivity index (χ1n) is 8.64. The van der Waals surface area contributed by atoms with Crippen LogP contribution in [0.3, 0.4) is 0 Å². The van der Waals surface area contributed by atoms with Gasteiger partial charge in [0.05, 0.1) is 12.7 Å². The zero-order valence-corrected chi connectivity index (χ0v) is 15.2. The number of hydrogen-bond acceptors (Lipinski definition) is 3. The van der Waals surface area contributed by atoms with Crippen molar-refractivity contribution in [1.82, 2.24) is 0 Å². The Labute approximate surface area is 131 Å². The molecule has 3 atom stereocenters. The predicted molar refractivity (Wildman–Crippen MR) is 88.4 cm³/mol. The van der Waals surface area contributed by atoms with Crippen LogP contribution < -0.4 is 0 Å². The smallest absolute Gasteiger partial charge is 0.302 e. The summed E-state index contributed by atoms with van der Waals surface area (Å²) in [7, 11) is -3.91. The van der Waals surface area contributed by atoms with Gasteiger partial charge in [-0.1, -0.05) is 66.2 Å². The molecule has 0 spiro atoms. The van der Waals surface area contributed by atoms with Gasteiger partial charge in [-0.3, -0.25) is 9.05 Å². The van der Waals surface area contributed by atoms with Gasteiger partial charge in [0.15, 0.2) is 0 Å². The Balaban J connectivity index is 4.16. The molecule has 21 heavy (non-hydrogen) atoms. The van der Waals surface area contributed by atoms with E-state index in [4.69, 9.17) is 9.05 Å². The quantitative estimate of drug-likeness (QED) is 0.329. The third kappa shape index (κ3) is 11.3. The lowest BCUT2D eigenvalue weighted by Gasteiger charge is -2.21. The fraction of sp³-hybridized carbons (Fsp3) is 1.00. The summed E-state index contributed by atoms with van der Waals surface area (Å²) in [6.07, 6.45) is 8.97. The standard InChI is InChI=1S/C16H35O4P/c1-5-9-11-13-16(8-4)20-21(17,18)19-14-15(7-3)12-10-6-2/h15-16H,5-14H2,1-4H3,(H,17,18). The van der Waals surface area contributed by atoms with Crippen molar-refractivity contribution in [3.63, 3.8) is 0 Å². The van der Waals surface area contributed by atoms with Crippen molar-refractivity contribution in [2.45, 2.75) is 91.6 Å². The van der Waals surface area contributed by atoms with E-state index >= 15 is 0 Å². The largest absolute Gasteiger partial charge is 0.472 e. The van der Waals surface area contributed by atoms with Crippen molar-refractivity contribution in [3.8, 4) is 0 Å². The van der Waals surface area contributed by atoms with Crippen LogP contribution in [-0.2, 0) is 13.6 Å². The Kier molecular flexibility index (Phi) is 12.7. The molecule has 1 N–H and O–H groups in total. The van der Waals surface area contributed by atoms with Crippen LogP contribution in [0.4, 0.5) is 0 Å². The number of phosphoric acid groups is 1. The summed E-state index contributed by atoms with van der Waals surface area (Å²) >= 11 is 0. The Morgan fingerprint density at radius 1 is 0.952 bits per heavy atom. The zero-order chi connectivity index (χ0) is 16.1. The van der Waals surface area contributed by atoms with Crippen LogP contribution >= 0.6 is 7.82 Å². The SMILES string of the molecule is CCCCCC(CC)OP(=O)(O)OCC(CC)CCCC. The van der Waals surface area contributed by atoms with E-state index in [1.54, 1.807) is 0 Å². The third-order valence-electron chi connectivity index (χ3n) is 3.88. The normalized spacial score (nSPS) is 17.4. The van der Waals surface area contributed by atoms with E-state index in [0.717, 1.165) is 57.8 Å². The molecule has 0 saturated carbocycles. The molecule has 0 heterocycles. The summed E-state index contributed by atoms with van der Waals surface area (Å²) < 4.78 is 22.6. The predicted octanol–water partition coefficient (Wildman–Crippen LogP) is 5.70. The summed E-state index contributed by atoms with van der Waals surface area (Å²) in [6.45, 7) is 8.67. The summed E-state index contributed by atoms with van der Waals surface area (Å²) in [4.78, 5) is 9.85. The molecule has 0 saturated heterocycles. The lowest BCUT2D eigenvalue weighted by molar-refractivity contribution is 0.0839. The van der Waals surface area contributed by atoms with Crippen LogP contribution in [0.1, 0.15) is 85.5 Å². The molecule has 0 aliphatic rings. The number of rotatable bonds is 14. The van der Waals surface area contributed by atoms with E-state index in [2.05, 4.69) is 20.8 Å². The average molecular weight is 322 g/mol. The molecule has 0 aromatic rings. The Hall–Kier alpha value is 0.110. The summed E-state index contributed by atoms with van der Waals surface area (Å²) in [6, 6.07) is 0. The van der Waals surface area contributed by atoms with Crippen molar-refractivity contribution in [2.75, 3.05) is 6.61 Å². The molecule has 0 bridgehead atoms. The van der Waals surface area contributed by atoms with E-state index < -0.39 is 7.82 Å². The molecular weight excluding hydrogens is 287 g/mol. The van der Waals surface area contributed by atoms with Crippen LogP contribution in [0.2, 0.25) is 0 Å². The van der Waals surface area contributed by atoms with Crippen LogP contribution in [0.5, 0.6) is 0 Å². The second kappa shape index (κ2) is 12.6. The van der Waals surface area contributed by atoms with E-state index in [1.165, 1.54) is 0 Å². The van der Waals surface area contributed by atoms with Crippen molar-refractivity contribution in [2.24, 2.45) is 5.92 Å². The number of unbranched alkanes of at least 4 members (excludes halogenated alkanes) is 3. The van der Waals surface area contributed by atoms with Gasteiger partial charge in [-0.05, 0) is 25.2 Å². The highest BCUT2D eigenvalue weighted by molar-refractivity contribution is 7.47. The summed E-state index contributed by atoms with van der Waals surface area (Å²) in [5.74, 6) is 0.342. The molecule has 0 aliphatic carbocycles. The topological polar surface area (TPSA) is 55.8 Å². The number of hydrogen-bond donors (Lipinski definition) is 1. The first-order valence-corrected chi connectivity index (χ1v) is 10.1. The molecule has 0 aromatic heterocycles. The average Bonchev–Trinajstić information content (AvgIpc) is 2.46. The van der Waals surface area contributed by atoms with Crippen LogP contribution in [0, 0.1) is 5.92 Å². The summed E-state index contributed by atoms with van der Waals surface area (Å²) in [5, 5.41) is 0. The zero-order valence-electron chi connectivity index (χ0n) is 14.3. The van der Waals surface area contributed by atoms with E-state index in [-0.39, 0.29) is 6.10 Å². The first kappa shape index (κ1) is 21.1. The minimum atomic E-state index is -3.91. The van der Waals surface area contributed by atoms with Gasteiger partial charge >= 0.3 is 7.82 Å². The molecule has 3 unspecified atom stereocenters. The van der Waals surface area contributed by atoms with E-state index in [9.17, 15) is 9.46 Å². The lowest BCUT2D eigenvalue weighted by Crippen LogP contribution is -2.14. The van der Waals surface area contributed by atoms with E-state index in [0.29, 0.717) is 12.5 Å². The highest BCUT2D eigenvalue weighted by Gasteiger charge is 2.26. The fourth-order valence-electron chi connectivity index (χ4n) is 2.27. The van der Waals surface area contributed by atoms with Gasteiger partial charge in [-0.2, -0.15) is 0 Å². The van der Waals surface area contributed by atoms with Gasteiger partial charge in [0.1, 0.15) is 0 Å². The van der Waals surface area contributed by atoms with Gasteiger partial charge in [-0.15, -0.1) is 0 Å². The van der Waals surface area contributed by atoms with Crippen LogP contribution in [0.15, 0.2) is 0 Å². The molecule has 0 aliphatic heterocycles. The van der Waals surface area contributed by atoms with Crippen molar-refractivity contribution in [3.05, 3.63) is 0 Å². The fourth-order valence-corrected chi connectivity index (χ4v) is 3.36. The minimum Gasteiger partial charge on any atom is -0.302 e. The van der Waals surface area contributed by atoms with Crippen molar-refractivity contribution in [1.29, 1.82) is 0 Å². The second-order valence-electron chi connectivity index (χ2n) is 5.81.